The molecular weight excluding hydrogens is 231 g/mol. The zero-order chi connectivity index (χ0) is 12.1. The van der Waals surface area contributed by atoms with Crippen LogP contribution in [0.2, 0.25) is 0 Å². The summed E-state index contributed by atoms with van der Waals surface area (Å²) in [7, 11) is 3.83. The Morgan fingerprint density at radius 2 is 2.19 bits per heavy atom. The highest BCUT2D eigenvalue weighted by Gasteiger charge is 2.19. The van der Waals surface area contributed by atoms with Crippen molar-refractivity contribution in [3.8, 4) is 0 Å². The van der Waals surface area contributed by atoms with Crippen LogP contribution in [0.1, 0.15) is 0 Å². The quantitative estimate of drug-likeness (QED) is 0.453. The molecule has 1 aromatic carbocycles. The van der Waals surface area contributed by atoms with Gasteiger partial charge in [-0.25, -0.2) is 0 Å². The van der Waals surface area contributed by atoms with Crippen LogP contribution in [0.15, 0.2) is 23.1 Å². The van der Waals surface area contributed by atoms with Crippen LogP contribution < -0.4 is 0 Å². The highest BCUT2D eigenvalue weighted by atomic mass is 32.2. The molecule has 0 aliphatic rings. The maximum absolute atomic E-state index is 13.2. The van der Waals surface area contributed by atoms with Crippen LogP contribution in [-0.4, -0.2) is 36.2 Å². The van der Waals surface area contributed by atoms with Gasteiger partial charge in [-0.15, -0.1) is 11.8 Å². The van der Waals surface area contributed by atoms with Gasteiger partial charge in [-0.3, -0.25) is 10.1 Å². The van der Waals surface area contributed by atoms with Crippen LogP contribution in [0.25, 0.3) is 0 Å². The van der Waals surface area contributed by atoms with Gasteiger partial charge in [0.15, 0.2) is 0 Å². The van der Waals surface area contributed by atoms with Crippen LogP contribution in [0.4, 0.5) is 10.1 Å². The van der Waals surface area contributed by atoms with Crippen molar-refractivity contribution in [2.24, 2.45) is 0 Å². The Morgan fingerprint density at radius 1 is 1.50 bits per heavy atom. The van der Waals surface area contributed by atoms with E-state index in [4.69, 9.17) is 0 Å². The first-order valence-corrected chi connectivity index (χ1v) is 5.71. The average molecular weight is 244 g/mol. The van der Waals surface area contributed by atoms with Crippen molar-refractivity contribution in [1.29, 1.82) is 0 Å². The van der Waals surface area contributed by atoms with Gasteiger partial charge < -0.3 is 4.90 Å². The molecule has 0 heterocycles. The largest absolute Gasteiger partial charge is 0.318 e. The van der Waals surface area contributed by atoms with E-state index in [-0.39, 0.29) is 0 Å². The molecule has 0 amide bonds. The SMILES string of the molecule is CN(C)CCSc1cccc(F)c1[N+](=O)[O-]. The van der Waals surface area contributed by atoms with Gasteiger partial charge in [-0.05, 0) is 26.2 Å². The fourth-order valence-electron chi connectivity index (χ4n) is 1.13. The fraction of sp³-hybridized carbons (Fsp3) is 0.400. The molecule has 0 atom stereocenters. The molecule has 0 radical (unpaired) electrons. The van der Waals surface area contributed by atoms with E-state index < -0.39 is 16.4 Å². The molecule has 0 aliphatic heterocycles. The molecule has 0 aromatic heterocycles. The number of nitrogens with zero attached hydrogens (tertiary/aromatic N) is 2. The number of halogens is 1. The van der Waals surface area contributed by atoms with Crippen molar-refractivity contribution < 1.29 is 9.31 Å². The Morgan fingerprint density at radius 3 is 2.75 bits per heavy atom. The van der Waals surface area contributed by atoms with Gasteiger partial charge in [0.2, 0.25) is 5.82 Å². The first-order valence-electron chi connectivity index (χ1n) is 4.73. The minimum atomic E-state index is -0.778. The minimum Gasteiger partial charge on any atom is -0.309 e. The summed E-state index contributed by atoms with van der Waals surface area (Å²) in [6, 6.07) is 4.16. The topological polar surface area (TPSA) is 46.4 Å². The monoisotopic (exact) mass is 244 g/mol. The van der Waals surface area contributed by atoms with Gasteiger partial charge in [0.25, 0.3) is 0 Å². The summed E-state index contributed by atoms with van der Waals surface area (Å²) in [6.07, 6.45) is 0. The lowest BCUT2D eigenvalue weighted by molar-refractivity contribution is -0.390. The van der Waals surface area contributed by atoms with E-state index >= 15 is 0 Å². The van der Waals surface area contributed by atoms with Crippen LogP contribution in [0, 0.1) is 15.9 Å². The van der Waals surface area contributed by atoms with E-state index in [9.17, 15) is 14.5 Å². The number of para-hydroxylation sites is 1. The summed E-state index contributed by atoms with van der Waals surface area (Å²) in [4.78, 5) is 12.4. The van der Waals surface area contributed by atoms with Crippen LogP contribution in [0.5, 0.6) is 0 Å². The first kappa shape index (κ1) is 12.9. The maximum atomic E-state index is 13.2. The van der Waals surface area contributed by atoms with Crippen molar-refractivity contribution in [2.75, 3.05) is 26.4 Å². The van der Waals surface area contributed by atoms with Gasteiger partial charge in [-0.2, -0.15) is 4.39 Å². The molecule has 0 aliphatic carbocycles. The summed E-state index contributed by atoms with van der Waals surface area (Å²) in [6.45, 7) is 0.790. The number of nitro groups is 1. The lowest BCUT2D eigenvalue weighted by Gasteiger charge is -2.08. The van der Waals surface area contributed by atoms with Crippen LogP contribution in [0.3, 0.4) is 0 Å². The van der Waals surface area contributed by atoms with Crippen molar-refractivity contribution in [3.05, 3.63) is 34.1 Å². The summed E-state index contributed by atoms with van der Waals surface area (Å²) < 4.78 is 13.2. The number of rotatable bonds is 5. The third-order valence-electron chi connectivity index (χ3n) is 1.93. The predicted octanol–water partition coefficient (Wildman–Crippen LogP) is 2.39. The molecule has 0 saturated carbocycles. The summed E-state index contributed by atoms with van der Waals surface area (Å²) >= 11 is 1.29. The normalized spacial score (nSPS) is 10.8. The van der Waals surface area contributed by atoms with Crippen molar-refractivity contribution in [2.45, 2.75) is 4.90 Å². The molecule has 4 nitrogen and oxygen atoms in total. The lowest BCUT2D eigenvalue weighted by Crippen LogP contribution is -2.14. The molecule has 16 heavy (non-hydrogen) atoms. The molecule has 1 rings (SSSR count). The van der Waals surface area contributed by atoms with Gasteiger partial charge in [0.05, 0.1) is 9.82 Å². The summed E-state index contributed by atoms with van der Waals surface area (Å²) in [5.74, 6) is -0.0862. The second-order valence-electron chi connectivity index (χ2n) is 3.50. The molecule has 6 heteroatoms. The van der Waals surface area contributed by atoms with Gasteiger partial charge in [-0.1, -0.05) is 6.07 Å². The van der Waals surface area contributed by atoms with E-state index in [2.05, 4.69) is 0 Å². The van der Waals surface area contributed by atoms with Crippen LogP contribution in [-0.2, 0) is 0 Å². The van der Waals surface area contributed by atoms with Gasteiger partial charge in [0.1, 0.15) is 0 Å². The van der Waals surface area contributed by atoms with Crippen molar-refractivity contribution in [3.63, 3.8) is 0 Å². The molecule has 0 N–H and O–H groups in total. The first-order chi connectivity index (χ1) is 7.52. The molecule has 1 aromatic rings. The third-order valence-corrected chi connectivity index (χ3v) is 2.96. The molecule has 0 unspecified atom stereocenters. The molecule has 0 fully saturated rings. The second kappa shape index (κ2) is 5.81. The van der Waals surface area contributed by atoms with Crippen molar-refractivity contribution >= 4 is 17.4 Å². The Balaban J connectivity index is 2.79. The molecule has 88 valence electrons. The van der Waals surface area contributed by atoms with E-state index in [0.29, 0.717) is 10.6 Å². The third kappa shape index (κ3) is 3.46. The Bertz CT molecular complexity index is 385. The minimum absolute atomic E-state index is 0.381. The zero-order valence-corrected chi connectivity index (χ0v) is 9.96. The molecular formula is C10H13FN2O2S. The predicted molar refractivity (Wildman–Crippen MR) is 62.3 cm³/mol. The average Bonchev–Trinajstić information content (AvgIpc) is 2.16. The number of benzene rings is 1. The van der Waals surface area contributed by atoms with Crippen LogP contribution >= 0.6 is 11.8 Å². The highest BCUT2D eigenvalue weighted by molar-refractivity contribution is 7.99. The zero-order valence-electron chi connectivity index (χ0n) is 9.14. The fourth-order valence-corrected chi connectivity index (χ4v) is 2.29. The smallest absolute Gasteiger partial charge is 0.309 e. The summed E-state index contributed by atoms with van der Waals surface area (Å²) in [5.41, 5.74) is -0.425. The van der Waals surface area contributed by atoms with Gasteiger partial charge >= 0.3 is 5.69 Å². The number of hydrogen-bond acceptors (Lipinski definition) is 4. The van der Waals surface area contributed by atoms with Crippen molar-refractivity contribution in [1.82, 2.24) is 4.90 Å². The van der Waals surface area contributed by atoms with E-state index in [1.807, 2.05) is 19.0 Å². The number of nitro benzene ring substituents is 1. The number of thioether (sulfide) groups is 1. The lowest BCUT2D eigenvalue weighted by atomic mass is 10.3. The Hall–Kier alpha value is -1.14. The Labute approximate surface area is 97.6 Å². The molecule has 0 saturated heterocycles. The standard InChI is InChI=1S/C10H13FN2O2S/c1-12(2)6-7-16-9-5-3-4-8(11)10(9)13(14)15/h3-5H,6-7H2,1-2H3. The second-order valence-corrected chi connectivity index (χ2v) is 4.63. The molecule has 0 bridgehead atoms. The van der Waals surface area contributed by atoms with E-state index in [0.717, 1.165) is 12.6 Å². The Kier molecular flexibility index (Phi) is 4.70. The van der Waals surface area contributed by atoms with E-state index in [1.165, 1.54) is 17.8 Å². The van der Waals surface area contributed by atoms with Gasteiger partial charge in [0, 0.05) is 12.3 Å². The number of hydrogen-bond donors (Lipinski definition) is 0. The highest BCUT2D eigenvalue weighted by Crippen LogP contribution is 2.31. The van der Waals surface area contributed by atoms with E-state index in [1.54, 1.807) is 6.07 Å². The summed E-state index contributed by atoms with van der Waals surface area (Å²) in [5, 5.41) is 10.7. The maximum Gasteiger partial charge on any atom is 0.318 e. The molecule has 0 spiro atoms.